The van der Waals surface area contributed by atoms with Crippen molar-refractivity contribution in [1.82, 2.24) is 10.0 Å². The van der Waals surface area contributed by atoms with Crippen LogP contribution in [0.2, 0.25) is 0 Å². The summed E-state index contributed by atoms with van der Waals surface area (Å²) in [4.78, 5) is 11.6. The summed E-state index contributed by atoms with van der Waals surface area (Å²) in [6.07, 6.45) is 0. The number of halogens is 1. The maximum Gasteiger partial charge on any atom is 0.251 e. The molecule has 1 rings (SSSR count). The largest absolute Gasteiger partial charge is 0.396 e. The third kappa shape index (κ3) is 3.97. The van der Waals surface area contributed by atoms with Crippen molar-refractivity contribution in [3.63, 3.8) is 0 Å². The summed E-state index contributed by atoms with van der Waals surface area (Å²) in [6, 6.07) is 3.54. The van der Waals surface area contributed by atoms with Gasteiger partial charge in [-0.05, 0) is 25.2 Å². The standard InChI is InChI=1S/C10H14FN3O3S/c1-13-18(16,17)5-4-14-10(15)7-2-3-8(11)9(12)6-7/h2-3,6,13H,4-5,12H2,1H3,(H,14,15). The molecule has 0 aliphatic heterocycles. The normalized spacial score (nSPS) is 11.2. The summed E-state index contributed by atoms with van der Waals surface area (Å²) in [5.74, 6) is -1.34. The van der Waals surface area contributed by atoms with Gasteiger partial charge in [0, 0.05) is 12.1 Å². The molecule has 0 fully saturated rings. The van der Waals surface area contributed by atoms with Crippen LogP contribution in [-0.2, 0) is 10.0 Å². The fraction of sp³-hybridized carbons (Fsp3) is 0.300. The lowest BCUT2D eigenvalue weighted by molar-refractivity contribution is 0.0956. The van der Waals surface area contributed by atoms with Crippen LogP contribution in [0, 0.1) is 5.82 Å². The molecule has 0 radical (unpaired) electrons. The Kier molecular flexibility index (Phi) is 4.62. The van der Waals surface area contributed by atoms with E-state index in [0.29, 0.717) is 0 Å². The molecule has 1 aromatic carbocycles. The summed E-state index contributed by atoms with van der Waals surface area (Å²) in [7, 11) is -2.07. The zero-order valence-corrected chi connectivity index (χ0v) is 10.6. The van der Waals surface area contributed by atoms with Gasteiger partial charge in [0.25, 0.3) is 5.91 Å². The van der Waals surface area contributed by atoms with Crippen LogP contribution in [0.3, 0.4) is 0 Å². The van der Waals surface area contributed by atoms with Crippen LogP contribution in [0.5, 0.6) is 0 Å². The van der Waals surface area contributed by atoms with E-state index in [1.54, 1.807) is 0 Å². The van der Waals surface area contributed by atoms with Crippen molar-refractivity contribution >= 4 is 21.6 Å². The Morgan fingerprint density at radius 2 is 2.11 bits per heavy atom. The average molecular weight is 275 g/mol. The smallest absolute Gasteiger partial charge is 0.251 e. The minimum atomic E-state index is -3.36. The quantitative estimate of drug-likeness (QED) is 0.641. The van der Waals surface area contributed by atoms with Crippen LogP contribution in [-0.4, -0.2) is 33.7 Å². The van der Waals surface area contributed by atoms with Gasteiger partial charge in [-0.15, -0.1) is 0 Å². The molecule has 1 aromatic rings. The molecule has 4 N–H and O–H groups in total. The lowest BCUT2D eigenvalue weighted by atomic mass is 10.2. The number of carbonyl (C=O) groups excluding carboxylic acids is 1. The fourth-order valence-corrected chi connectivity index (χ4v) is 1.76. The SMILES string of the molecule is CNS(=O)(=O)CCNC(=O)c1ccc(F)c(N)c1. The van der Waals surface area contributed by atoms with Gasteiger partial charge in [-0.3, -0.25) is 4.79 Å². The topological polar surface area (TPSA) is 101 Å². The van der Waals surface area contributed by atoms with Crippen LogP contribution in [0.15, 0.2) is 18.2 Å². The molecule has 1 amide bonds. The Bertz CT molecular complexity index is 545. The highest BCUT2D eigenvalue weighted by atomic mass is 32.2. The first-order chi connectivity index (χ1) is 8.35. The predicted octanol–water partition coefficient (Wildman–Crippen LogP) is -0.313. The number of nitrogens with one attached hydrogen (secondary N) is 2. The molecular formula is C10H14FN3O3S. The maximum atomic E-state index is 12.9. The van der Waals surface area contributed by atoms with Crippen molar-refractivity contribution in [3.8, 4) is 0 Å². The van der Waals surface area contributed by atoms with Crippen molar-refractivity contribution in [2.24, 2.45) is 0 Å². The third-order valence-electron chi connectivity index (χ3n) is 2.23. The van der Waals surface area contributed by atoms with E-state index in [1.165, 1.54) is 19.2 Å². The lowest BCUT2D eigenvalue weighted by Gasteiger charge is -2.06. The van der Waals surface area contributed by atoms with E-state index in [0.717, 1.165) is 6.07 Å². The summed E-state index contributed by atoms with van der Waals surface area (Å²) in [5, 5.41) is 2.40. The number of rotatable bonds is 5. The van der Waals surface area contributed by atoms with E-state index in [-0.39, 0.29) is 23.5 Å². The fourth-order valence-electron chi connectivity index (χ4n) is 1.19. The van der Waals surface area contributed by atoms with Gasteiger partial charge in [-0.2, -0.15) is 0 Å². The van der Waals surface area contributed by atoms with Crippen LogP contribution in [0.4, 0.5) is 10.1 Å². The molecule has 18 heavy (non-hydrogen) atoms. The number of sulfonamides is 1. The predicted molar refractivity (Wildman–Crippen MR) is 66.0 cm³/mol. The number of hydrogen-bond donors (Lipinski definition) is 3. The minimum Gasteiger partial charge on any atom is -0.396 e. The molecular weight excluding hydrogens is 261 g/mol. The minimum absolute atomic E-state index is 0.0424. The molecule has 8 heteroatoms. The van der Waals surface area contributed by atoms with Gasteiger partial charge in [-0.25, -0.2) is 17.5 Å². The highest BCUT2D eigenvalue weighted by Gasteiger charge is 2.10. The molecule has 0 heterocycles. The van der Waals surface area contributed by atoms with Crippen molar-refractivity contribution < 1.29 is 17.6 Å². The Morgan fingerprint density at radius 1 is 1.44 bits per heavy atom. The van der Waals surface area contributed by atoms with E-state index in [2.05, 4.69) is 10.0 Å². The zero-order valence-electron chi connectivity index (χ0n) is 9.73. The first kappa shape index (κ1) is 14.4. The zero-order chi connectivity index (χ0) is 13.8. The van der Waals surface area contributed by atoms with Crippen LogP contribution in [0.25, 0.3) is 0 Å². The number of amides is 1. The van der Waals surface area contributed by atoms with Gasteiger partial charge in [-0.1, -0.05) is 0 Å². The van der Waals surface area contributed by atoms with Crippen molar-refractivity contribution in [3.05, 3.63) is 29.6 Å². The van der Waals surface area contributed by atoms with E-state index >= 15 is 0 Å². The first-order valence-electron chi connectivity index (χ1n) is 5.10. The second kappa shape index (κ2) is 5.78. The highest BCUT2D eigenvalue weighted by molar-refractivity contribution is 7.89. The number of nitrogen functional groups attached to an aromatic ring is 1. The van der Waals surface area contributed by atoms with E-state index < -0.39 is 21.7 Å². The Labute approximate surface area is 104 Å². The summed E-state index contributed by atoms with van der Waals surface area (Å²) in [6.45, 7) is -0.0424. The van der Waals surface area contributed by atoms with Crippen LogP contribution in [0.1, 0.15) is 10.4 Å². The van der Waals surface area contributed by atoms with Gasteiger partial charge in [0.1, 0.15) is 5.82 Å². The number of benzene rings is 1. The van der Waals surface area contributed by atoms with Crippen LogP contribution >= 0.6 is 0 Å². The van der Waals surface area contributed by atoms with Crippen molar-refractivity contribution in [2.75, 3.05) is 25.1 Å². The molecule has 0 unspecified atom stereocenters. The van der Waals surface area contributed by atoms with Gasteiger partial charge in [0.05, 0.1) is 11.4 Å². The molecule has 0 bridgehead atoms. The maximum absolute atomic E-state index is 12.9. The Hall–Kier alpha value is -1.67. The average Bonchev–Trinajstić information content (AvgIpc) is 2.32. The van der Waals surface area contributed by atoms with Gasteiger partial charge in [0.2, 0.25) is 10.0 Å². The molecule has 0 saturated carbocycles. The van der Waals surface area contributed by atoms with E-state index in [4.69, 9.17) is 5.73 Å². The number of nitrogens with two attached hydrogens (primary N) is 1. The molecule has 0 spiro atoms. The first-order valence-corrected chi connectivity index (χ1v) is 6.75. The second-order valence-electron chi connectivity index (χ2n) is 3.52. The molecule has 0 atom stereocenters. The van der Waals surface area contributed by atoms with Crippen molar-refractivity contribution in [1.29, 1.82) is 0 Å². The van der Waals surface area contributed by atoms with Crippen molar-refractivity contribution in [2.45, 2.75) is 0 Å². The molecule has 0 aromatic heterocycles. The molecule has 0 saturated heterocycles. The summed E-state index contributed by atoms with van der Waals surface area (Å²) < 4.78 is 37.2. The number of anilines is 1. The van der Waals surface area contributed by atoms with E-state index in [1.807, 2.05) is 0 Å². The Morgan fingerprint density at radius 3 is 2.67 bits per heavy atom. The second-order valence-corrected chi connectivity index (χ2v) is 5.56. The number of carbonyl (C=O) groups is 1. The molecule has 100 valence electrons. The van der Waals surface area contributed by atoms with Gasteiger partial charge in [0.15, 0.2) is 0 Å². The molecule has 6 nitrogen and oxygen atoms in total. The van der Waals surface area contributed by atoms with E-state index in [9.17, 15) is 17.6 Å². The summed E-state index contributed by atoms with van der Waals surface area (Å²) in [5.41, 5.74) is 5.36. The highest BCUT2D eigenvalue weighted by Crippen LogP contribution is 2.11. The van der Waals surface area contributed by atoms with Crippen LogP contribution < -0.4 is 15.8 Å². The van der Waals surface area contributed by atoms with Gasteiger partial charge >= 0.3 is 0 Å². The monoisotopic (exact) mass is 275 g/mol. The molecule has 0 aliphatic carbocycles. The lowest BCUT2D eigenvalue weighted by Crippen LogP contribution is -2.33. The van der Waals surface area contributed by atoms with Gasteiger partial charge < -0.3 is 11.1 Å². The summed E-state index contributed by atoms with van der Waals surface area (Å²) >= 11 is 0. The number of hydrogen-bond acceptors (Lipinski definition) is 4. The third-order valence-corrected chi connectivity index (χ3v) is 3.59. The molecule has 0 aliphatic rings. The Balaban J connectivity index is 2.58.